The summed E-state index contributed by atoms with van der Waals surface area (Å²) in [6.45, 7) is 10.8. The van der Waals surface area contributed by atoms with Crippen LogP contribution in [0.3, 0.4) is 0 Å². The summed E-state index contributed by atoms with van der Waals surface area (Å²) in [5, 5.41) is 12.8. The van der Waals surface area contributed by atoms with E-state index in [0.29, 0.717) is 6.54 Å². The third-order valence-corrected chi connectivity index (χ3v) is 6.68. The first-order chi connectivity index (χ1) is 16.1. The molecule has 2 aromatic carbocycles. The number of aryl methyl sites for hydroxylation is 2. The molecule has 0 radical (unpaired) electrons. The van der Waals surface area contributed by atoms with Gasteiger partial charge in [0.15, 0.2) is 5.82 Å². The average molecular weight is 443 g/mol. The number of nitrogens with zero attached hydrogens (tertiary/aromatic N) is 6. The van der Waals surface area contributed by atoms with E-state index in [1.165, 1.54) is 27.9 Å². The molecule has 0 spiro atoms. The fourth-order valence-electron chi connectivity index (χ4n) is 4.64. The molecular weight excluding hydrogens is 412 g/mol. The molecule has 0 bridgehead atoms. The van der Waals surface area contributed by atoms with Crippen molar-refractivity contribution in [3.05, 3.63) is 94.7 Å². The quantitative estimate of drug-likeness (QED) is 0.447. The number of rotatable bonds is 6. The van der Waals surface area contributed by atoms with Gasteiger partial charge < -0.3 is 9.32 Å². The lowest BCUT2D eigenvalue weighted by Crippen LogP contribution is -2.48. The molecule has 1 fully saturated rings. The van der Waals surface area contributed by atoms with Gasteiger partial charge in [0.2, 0.25) is 0 Å². The van der Waals surface area contributed by atoms with Crippen molar-refractivity contribution in [2.75, 3.05) is 31.1 Å². The zero-order valence-corrected chi connectivity index (χ0v) is 19.5. The van der Waals surface area contributed by atoms with Gasteiger partial charge >= 0.3 is 0 Å². The lowest BCUT2D eigenvalue weighted by atomic mass is 10.0. The highest BCUT2D eigenvalue weighted by Crippen LogP contribution is 2.31. The molecule has 0 amide bonds. The summed E-state index contributed by atoms with van der Waals surface area (Å²) < 4.78 is 7.42. The first kappa shape index (κ1) is 21.4. The highest BCUT2D eigenvalue weighted by molar-refractivity contribution is 5.56. The van der Waals surface area contributed by atoms with E-state index in [1.807, 2.05) is 16.8 Å². The maximum atomic E-state index is 5.56. The van der Waals surface area contributed by atoms with Crippen LogP contribution in [0.15, 0.2) is 65.3 Å². The SMILES string of the molecule is Cc1ccc(C(c2nnnn2Cc2ccco2)N2CCN(c3cccc(C)c3C)CC2)cc1. The fraction of sp³-hybridized carbons (Fsp3) is 0.346. The molecular formula is C26H30N6O. The van der Waals surface area contributed by atoms with Crippen molar-refractivity contribution in [1.29, 1.82) is 0 Å². The predicted octanol–water partition coefficient (Wildman–Crippen LogP) is 4.15. The number of tetrazole rings is 1. The number of benzene rings is 2. The number of hydrogen-bond acceptors (Lipinski definition) is 6. The Balaban J connectivity index is 1.43. The topological polar surface area (TPSA) is 63.2 Å². The summed E-state index contributed by atoms with van der Waals surface area (Å²) in [5.41, 5.74) is 6.49. The third kappa shape index (κ3) is 4.41. The maximum absolute atomic E-state index is 5.56. The molecule has 0 saturated carbocycles. The van der Waals surface area contributed by atoms with E-state index in [4.69, 9.17) is 4.42 Å². The minimum atomic E-state index is -0.0173. The molecule has 33 heavy (non-hydrogen) atoms. The van der Waals surface area contributed by atoms with Crippen molar-refractivity contribution in [1.82, 2.24) is 25.1 Å². The van der Waals surface area contributed by atoms with Gasteiger partial charge in [0.1, 0.15) is 12.3 Å². The van der Waals surface area contributed by atoms with Gasteiger partial charge in [0, 0.05) is 31.9 Å². The van der Waals surface area contributed by atoms with Gasteiger partial charge in [-0.3, -0.25) is 4.90 Å². The average Bonchev–Trinajstić information content (AvgIpc) is 3.51. The Morgan fingerprint density at radius 2 is 1.70 bits per heavy atom. The second-order valence-electron chi connectivity index (χ2n) is 8.83. The molecule has 3 heterocycles. The van der Waals surface area contributed by atoms with Crippen LogP contribution in [0, 0.1) is 20.8 Å². The Morgan fingerprint density at radius 1 is 0.909 bits per heavy atom. The summed E-state index contributed by atoms with van der Waals surface area (Å²) >= 11 is 0. The number of anilines is 1. The van der Waals surface area contributed by atoms with Crippen LogP contribution in [0.2, 0.25) is 0 Å². The maximum Gasteiger partial charge on any atom is 0.173 e. The minimum absolute atomic E-state index is 0.0173. The molecule has 0 aliphatic carbocycles. The smallest absolute Gasteiger partial charge is 0.173 e. The molecule has 170 valence electrons. The molecule has 0 N–H and O–H groups in total. The molecule has 1 aliphatic heterocycles. The summed E-state index contributed by atoms with van der Waals surface area (Å²) in [4.78, 5) is 4.99. The second kappa shape index (κ2) is 9.19. The standard InChI is InChI=1S/C26H30N6O/c1-19-9-11-22(12-10-19)25(26-27-28-29-32(26)18-23-7-5-17-33-23)31-15-13-30(14-16-31)24-8-4-6-20(2)21(24)3/h4-12,17,25H,13-16,18H2,1-3H3. The van der Waals surface area contributed by atoms with Gasteiger partial charge in [-0.1, -0.05) is 42.0 Å². The fourth-order valence-corrected chi connectivity index (χ4v) is 4.64. The number of furan rings is 1. The number of aromatic nitrogens is 4. The summed E-state index contributed by atoms with van der Waals surface area (Å²) in [5.74, 6) is 1.68. The van der Waals surface area contributed by atoms with Gasteiger partial charge in [-0.2, -0.15) is 0 Å². The highest BCUT2D eigenvalue weighted by atomic mass is 16.3. The molecule has 1 atom stereocenters. The van der Waals surface area contributed by atoms with Crippen LogP contribution in [-0.2, 0) is 6.54 Å². The van der Waals surface area contributed by atoms with Crippen molar-refractivity contribution in [2.45, 2.75) is 33.4 Å². The number of piperazine rings is 1. The normalized spacial score (nSPS) is 15.7. The molecule has 5 rings (SSSR count). The molecule has 7 heteroatoms. The zero-order chi connectivity index (χ0) is 22.8. The largest absolute Gasteiger partial charge is 0.467 e. The predicted molar refractivity (Wildman–Crippen MR) is 128 cm³/mol. The molecule has 1 aliphatic rings. The highest BCUT2D eigenvalue weighted by Gasteiger charge is 2.31. The van der Waals surface area contributed by atoms with Crippen molar-refractivity contribution < 1.29 is 4.42 Å². The van der Waals surface area contributed by atoms with E-state index in [-0.39, 0.29) is 6.04 Å². The summed E-state index contributed by atoms with van der Waals surface area (Å²) in [6, 6.07) is 19.1. The van der Waals surface area contributed by atoms with E-state index in [9.17, 15) is 0 Å². The Bertz CT molecular complexity index is 1190. The second-order valence-corrected chi connectivity index (χ2v) is 8.83. The van der Waals surface area contributed by atoms with Crippen LogP contribution >= 0.6 is 0 Å². The van der Waals surface area contributed by atoms with E-state index in [1.54, 1.807) is 6.26 Å². The van der Waals surface area contributed by atoms with Gasteiger partial charge in [-0.25, -0.2) is 4.68 Å². The van der Waals surface area contributed by atoms with Gasteiger partial charge in [0.05, 0.1) is 12.3 Å². The van der Waals surface area contributed by atoms with Crippen LogP contribution in [0.4, 0.5) is 5.69 Å². The van der Waals surface area contributed by atoms with Gasteiger partial charge in [-0.05, 0) is 66.1 Å². The van der Waals surface area contributed by atoms with Crippen LogP contribution in [0.25, 0.3) is 0 Å². The monoisotopic (exact) mass is 442 g/mol. The lowest BCUT2D eigenvalue weighted by Gasteiger charge is -2.40. The summed E-state index contributed by atoms with van der Waals surface area (Å²) in [6.07, 6.45) is 1.68. The molecule has 4 aromatic rings. The Labute approximate surface area is 194 Å². The van der Waals surface area contributed by atoms with Crippen LogP contribution in [-0.4, -0.2) is 51.3 Å². The van der Waals surface area contributed by atoms with E-state index < -0.39 is 0 Å². The molecule has 1 saturated heterocycles. The van der Waals surface area contributed by atoms with Crippen LogP contribution in [0.1, 0.15) is 39.9 Å². The Hall–Kier alpha value is -3.45. The molecule has 2 aromatic heterocycles. The van der Waals surface area contributed by atoms with Crippen molar-refractivity contribution in [3.8, 4) is 0 Å². The van der Waals surface area contributed by atoms with E-state index in [0.717, 1.165) is 37.8 Å². The van der Waals surface area contributed by atoms with Crippen molar-refractivity contribution >= 4 is 5.69 Å². The van der Waals surface area contributed by atoms with E-state index in [2.05, 4.69) is 88.6 Å². The number of hydrogen-bond donors (Lipinski definition) is 0. The van der Waals surface area contributed by atoms with Gasteiger partial charge in [-0.15, -0.1) is 5.10 Å². The molecule has 1 unspecified atom stereocenters. The Morgan fingerprint density at radius 3 is 2.42 bits per heavy atom. The zero-order valence-electron chi connectivity index (χ0n) is 19.5. The lowest BCUT2D eigenvalue weighted by molar-refractivity contribution is 0.200. The first-order valence-corrected chi connectivity index (χ1v) is 11.5. The minimum Gasteiger partial charge on any atom is -0.467 e. The van der Waals surface area contributed by atoms with Gasteiger partial charge in [0.25, 0.3) is 0 Å². The van der Waals surface area contributed by atoms with Crippen molar-refractivity contribution in [2.24, 2.45) is 0 Å². The first-order valence-electron chi connectivity index (χ1n) is 11.5. The van der Waals surface area contributed by atoms with Crippen LogP contribution < -0.4 is 4.90 Å². The molecule has 7 nitrogen and oxygen atoms in total. The van der Waals surface area contributed by atoms with Crippen LogP contribution in [0.5, 0.6) is 0 Å². The summed E-state index contributed by atoms with van der Waals surface area (Å²) in [7, 11) is 0. The Kier molecular flexibility index (Phi) is 5.96. The third-order valence-electron chi connectivity index (χ3n) is 6.68. The van der Waals surface area contributed by atoms with E-state index >= 15 is 0 Å². The van der Waals surface area contributed by atoms with Crippen molar-refractivity contribution in [3.63, 3.8) is 0 Å².